The highest BCUT2D eigenvalue weighted by molar-refractivity contribution is 7.09. The van der Waals surface area contributed by atoms with E-state index in [4.69, 9.17) is 10.6 Å². The number of hydrogen-bond donors (Lipinski definition) is 2. The van der Waals surface area contributed by atoms with Crippen LogP contribution in [0.2, 0.25) is 0 Å². The first kappa shape index (κ1) is 11.6. The highest BCUT2D eigenvalue weighted by Gasteiger charge is 2.18. The summed E-state index contributed by atoms with van der Waals surface area (Å²) in [4.78, 5) is 4.43. The second-order valence-corrected chi connectivity index (χ2v) is 4.94. The van der Waals surface area contributed by atoms with Gasteiger partial charge in [0.1, 0.15) is 5.76 Å². The molecule has 0 radical (unpaired) electrons. The third kappa shape index (κ3) is 2.81. The number of thiazole rings is 1. The zero-order valence-corrected chi connectivity index (χ0v) is 10.2. The molecule has 88 valence electrons. The van der Waals surface area contributed by atoms with Crippen LogP contribution in [-0.4, -0.2) is 17.6 Å². The number of nitrogens with two attached hydrogens (primary N) is 1. The maximum Gasteiger partial charge on any atom is 0.111 e. The maximum atomic E-state index is 5.60. The van der Waals surface area contributed by atoms with E-state index < -0.39 is 0 Å². The van der Waals surface area contributed by atoms with E-state index in [2.05, 4.69) is 21.9 Å². The van der Waals surface area contributed by atoms with Crippen LogP contribution in [0.4, 0.5) is 0 Å². The second-order valence-electron chi connectivity index (χ2n) is 3.88. The number of rotatable bonds is 4. The van der Waals surface area contributed by atoms with Crippen LogP contribution in [0.25, 0.3) is 0 Å². The molecule has 0 aliphatic carbocycles. The molecule has 1 unspecified atom stereocenters. The fourth-order valence-corrected chi connectivity index (χ4v) is 2.40. The predicted octanol–water partition coefficient (Wildman–Crippen LogP) is 1.52. The van der Waals surface area contributed by atoms with Crippen molar-refractivity contribution in [1.82, 2.24) is 10.4 Å². The van der Waals surface area contributed by atoms with Crippen molar-refractivity contribution in [3.8, 4) is 0 Å². The maximum absolute atomic E-state index is 5.60. The van der Waals surface area contributed by atoms with E-state index in [-0.39, 0.29) is 6.04 Å². The zero-order valence-electron chi connectivity index (χ0n) is 9.40. The predicted molar refractivity (Wildman–Crippen MR) is 64.9 cm³/mol. The van der Waals surface area contributed by atoms with Gasteiger partial charge in [0, 0.05) is 11.8 Å². The van der Waals surface area contributed by atoms with Gasteiger partial charge in [0.05, 0.1) is 23.4 Å². The first-order chi connectivity index (χ1) is 7.79. The number of nitrogens with zero attached hydrogens (tertiary/aromatic N) is 1. The Bertz CT molecular complexity index is 375. The van der Waals surface area contributed by atoms with Gasteiger partial charge >= 0.3 is 0 Å². The SMILES string of the molecule is Cc1nc(CC(NN)C2=CCCCO2)cs1. The molecule has 0 saturated heterocycles. The molecule has 4 nitrogen and oxygen atoms in total. The number of ether oxygens (including phenoxy) is 1. The van der Waals surface area contributed by atoms with E-state index in [1.54, 1.807) is 11.3 Å². The van der Waals surface area contributed by atoms with Crippen molar-refractivity contribution in [3.63, 3.8) is 0 Å². The topological polar surface area (TPSA) is 60.2 Å². The molecule has 16 heavy (non-hydrogen) atoms. The van der Waals surface area contributed by atoms with Crippen molar-refractivity contribution < 1.29 is 4.74 Å². The minimum atomic E-state index is 0.0433. The molecule has 1 atom stereocenters. The van der Waals surface area contributed by atoms with Crippen LogP contribution in [0.1, 0.15) is 23.5 Å². The molecule has 1 aliphatic heterocycles. The molecule has 5 heteroatoms. The summed E-state index contributed by atoms with van der Waals surface area (Å²) in [5, 5.41) is 3.16. The molecule has 0 spiro atoms. The summed E-state index contributed by atoms with van der Waals surface area (Å²) in [6, 6.07) is 0.0433. The third-order valence-corrected chi connectivity index (χ3v) is 3.41. The number of aromatic nitrogens is 1. The molecule has 1 aromatic heterocycles. The minimum Gasteiger partial charge on any atom is -0.497 e. The quantitative estimate of drug-likeness (QED) is 0.618. The summed E-state index contributed by atoms with van der Waals surface area (Å²) < 4.78 is 5.60. The molecular weight excluding hydrogens is 222 g/mol. The monoisotopic (exact) mass is 239 g/mol. The Morgan fingerprint density at radius 2 is 2.56 bits per heavy atom. The Morgan fingerprint density at radius 3 is 3.12 bits per heavy atom. The second kappa shape index (κ2) is 5.43. The average Bonchev–Trinajstić information content (AvgIpc) is 2.73. The fraction of sp³-hybridized carbons (Fsp3) is 0.545. The third-order valence-electron chi connectivity index (χ3n) is 2.59. The lowest BCUT2D eigenvalue weighted by molar-refractivity contribution is 0.167. The Hall–Kier alpha value is -0.910. The van der Waals surface area contributed by atoms with Crippen LogP contribution >= 0.6 is 11.3 Å². The lowest BCUT2D eigenvalue weighted by Gasteiger charge is -2.22. The molecule has 0 fully saturated rings. The molecule has 3 N–H and O–H groups in total. The van der Waals surface area contributed by atoms with Crippen LogP contribution in [0.3, 0.4) is 0 Å². The summed E-state index contributed by atoms with van der Waals surface area (Å²) in [6.45, 7) is 2.80. The van der Waals surface area contributed by atoms with Crippen LogP contribution < -0.4 is 11.3 Å². The molecule has 0 amide bonds. The van der Waals surface area contributed by atoms with Crippen molar-refractivity contribution in [3.05, 3.63) is 27.9 Å². The van der Waals surface area contributed by atoms with Gasteiger partial charge in [-0.1, -0.05) is 0 Å². The first-order valence-electron chi connectivity index (χ1n) is 5.49. The molecular formula is C11H17N3OS. The highest BCUT2D eigenvalue weighted by atomic mass is 32.1. The normalized spacial score (nSPS) is 17.8. The molecule has 1 aromatic rings. The van der Waals surface area contributed by atoms with Gasteiger partial charge in [0.25, 0.3) is 0 Å². The molecule has 0 aromatic carbocycles. The van der Waals surface area contributed by atoms with Crippen LogP contribution in [0, 0.1) is 6.92 Å². The summed E-state index contributed by atoms with van der Waals surface area (Å²) in [7, 11) is 0. The van der Waals surface area contributed by atoms with E-state index in [1.807, 2.05) is 6.92 Å². The summed E-state index contributed by atoms with van der Waals surface area (Å²) in [6.07, 6.45) is 5.07. The van der Waals surface area contributed by atoms with E-state index >= 15 is 0 Å². The van der Waals surface area contributed by atoms with Crippen LogP contribution in [-0.2, 0) is 11.2 Å². The number of hydrogen-bond acceptors (Lipinski definition) is 5. The van der Waals surface area contributed by atoms with Gasteiger partial charge in [-0.25, -0.2) is 10.4 Å². The molecule has 0 bridgehead atoms. The lowest BCUT2D eigenvalue weighted by Crippen LogP contribution is -2.39. The van der Waals surface area contributed by atoms with Gasteiger partial charge in [0.15, 0.2) is 0 Å². The van der Waals surface area contributed by atoms with E-state index in [0.29, 0.717) is 0 Å². The summed E-state index contributed by atoms with van der Waals surface area (Å²) in [5.74, 6) is 6.52. The standard InChI is InChI=1S/C11H17N3OS/c1-8-13-9(7-16-8)6-10(14-12)11-4-2-3-5-15-11/h4,7,10,14H,2-3,5-6,12H2,1H3. The Labute approximate surface area is 99.5 Å². The highest BCUT2D eigenvalue weighted by Crippen LogP contribution is 2.17. The Balaban J connectivity index is 2.02. The number of hydrazine groups is 1. The number of aryl methyl sites for hydroxylation is 1. The minimum absolute atomic E-state index is 0.0433. The summed E-state index contributed by atoms with van der Waals surface area (Å²) in [5.41, 5.74) is 3.87. The van der Waals surface area contributed by atoms with Gasteiger partial charge in [-0.05, 0) is 25.8 Å². The van der Waals surface area contributed by atoms with Crippen molar-refractivity contribution in [2.24, 2.45) is 5.84 Å². The largest absolute Gasteiger partial charge is 0.497 e. The average molecular weight is 239 g/mol. The first-order valence-corrected chi connectivity index (χ1v) is 6.37. The smallest absolute Gasteiger partial charge is 0.111 e. The van der Waals surface area contributed by atoms with Crippen molar-refractivity contribution in [1.29, 1.82) is 0 Å². The molecule has 0 saturated carbocycles. The van der Waals surface area contributed by atoms with Gasteiger partial charge in [-0.2, -0.15) is 0 Å². The molecule has 2 rings (SSSR count). The number of nitrogens with one attached hydrogen (secondary N) is 1. The van der Waals surface area contributed by atoms with Gasteiger partial charge < -0.3 is 4.74 Å². The fourth-order valence-electron chi connectivity index (χ4n) is 1.77. The molecule has 2 heterocycles. The van der Waals surface area contributed by atoms with Crippen molar-refractivity contribution >= 4 is 11.3 Å². The van der Waals surface area contributed by atoms with Gasteiger partial charge in [-0.15, -0.1) is 11.3 Å². The Morgan fingerprint density at radius 1 is 1.69 bits per heavy atom. The van der Waals surface area contributed by atoms with E-state index in [1.165, 1.54) is 0 Å². The lowest BCUT2D eigenvalue weighted by atomic mass is 10.1. The van der Waals surface area contributed by atoms with Crippen molar-refractivity contribution in [2.75, 3.05) is 6.61 Å². The van der Waals surface area contributed by atoms with Crippen LogP contribution in [0.15, 0.2) is 17.2 Å². The number of allylic oxidation sites excluding steroid dienone is 1. The van der Waals surface area contributed by atoms with Gasteiger partial charge in [0.2, 0.25) is 0 Å². The van der Waals surface area contributed by atoms with Gasteiger partial charge in [-0.3, -0.25) is 5.84 Å². The zero-order chi connectivity index (χ0) is 11.4. The van der Waals surface area contributed by atoms with E-state index in [0.717, 1.165) is 42.3 Å². The Kier molecular flexibility index (Phi) is 3.93. The van der Waals surface area contributed by atoms with Crippen molar-refractivity contribution in [2.45, 2.75) is 32.2 Å². The van der Waals surface area contributed by atoms with E-state index in [9.17, 15) is 0 Å². The molecule has 1 aliphatic rings. The summed E-state index contributed by atoms with van der Waals surface area (Å²) >= 11 is 1.66. The van der Waals surface area contributed by atoms with Crippen LogP contribution in [0.5, 0.6) is 0 Å².